The number of carbonyl (C=O) groups excluding carboxylic acids is 1. The minimum Gasteiger partial charge on any atom is -0.491 e. The number of pyridine rings is 1. The third-order valence-corrected chi connectivity index (χ3v) is 6.60. The zero-order chi connectivity index (χ0) is 22.2. The minimum atomic E-state index is -0.577. The number of aliphatic hydroxyl groups is 1. The van der Waals surface area contributed by atoms with Crippen molar-refractivity contribution in [3.05, 3.63) is 76.7 Å². The number of ether oxygens (including phenoxy) is 1. The molecule has 3 aromatic rings. The summed E-state index contributed by atoms with van der Waals surface area (Å²) < 4.78 is 5.97. The summed E-state index contributed by atoms with van der Waals surface area (Å²) in [4.78, 5) is 19.9. The molecule has 0 radical (unpaired) electrons. The van der Waals surface area contributed by atoms with Crippen LogP contribution in [-0.4, -0.2) is 53.2 Å². The molecule has 1 amide bonds. The summed E-state index contributed by atoms with van der Waals surface area (Å²) in [5, 5.41) is 15.6. The number of β-amino-alcohol motifs (C(OH)–C–C–N with tert-alkyl or cyclic N) is 1. The van der Waals surface area contributed by atoms with Crippen molar-refractivity contribution < 1.29 is 14.6 Å². The highest BCUT2D eigenvalue weighted by Crippen LogP contribution is 2.24. The summed E-state index contributed by atoms with van der Waals surface area (Å²) in [5.74, 6) is 0.880. The highest BCUT2D eigenvalue weighted by molar-refractivity contribution is 7.09. The Balaban J connectivity index is 1.20. The quantitative estimate of drug-likeness (QED) is 0.517. The van der Waals surface area contributed by atoms with Crippen LogP contribution in [0.4, 0.5) is 5.69 Å². The molecule has 0 spiro atoms. The predicted molar refractivity (Wildman–Crippen MR) is 127 cm³/mol. The Bertz CT molecular complexity index is 973. The van der Waals surface area contributed by atoms with Crippen LogP contribution < -0.4 is 10.1 Å². The Hall–Kier alpha value is -2.74. The molecule has 1 aromatic carbocycles. The van der Waals surface area contributed by atoms with Crippen LogP contribution >= 0.6 is 11.3 Å². The van der Waals surface area contributed by atoms with Crippen molar-refractivity contribution in [3.63, 3.8) is 0 Å². The zero-order valence-electron chi connectivity index (χ0n) is 18.0. The van der Waals surface area contributed by atoms with E-state index in [0.717, 1.165) is 49.4 Å². The van der Waals surface area contributed by atoms with E-state index in [1.54, 1.807) is 35.9 Å². The summed E-state index contributed by atoms with van der Waals surface area (Å²) in [6.45, 7) is 2.39. The van der Waals surface area contributed by atoms with Crippen LogP contribution in [0.25, 0.3) is 0 Å². The fourth-order valence-corrected chi connectivity index (χ4v) is 4.71. The van der Waals surface area contributed by atoms with Crippen LogP contribution in [0.5, 0.6) is 5.75 Å². The maximum Gasteiger partial charge on any atom is 0.227 e. The number of aromatic nitrogens is 1. The number of benzene rings is 1. The van der Waals surface area contributed by atoms with E-state index in [1.165, 1.54) is 4.88 Å². The second-order valence-electron chi connectivity index (χ2n) is 8.13. The molecule has 168 valence electrons. The number of hydrogen-bond donors (Lipinski definition) is 2. The molecule has 3 heterocycles. The SMILES string of the molecule is O=C(Nc1ccncc1)C1CCN(CC(O)COc2ccccc2Cc2cccs2)CC1. The first kappa shape index (κ1) is 22.5. The van der Waals surface area contributed by atoms with E-state index in [9.17, 15) is 9.90 Å². The highest BCUT2D eigenvalue weighted by atomic mass is 32.1. The van der Waals surface area contributed by atoms with Gasteiger partial charge in [0.05, 0.1) is 0 Å². The number of thiophene rings is 1. The number of aliphatic hydroxyl groups excluding tert-OH is 1. The van der Waals surface area contributed by atoms with Crippen LogP contribution in [-0.2, 0) is 11.2 Å². The van der Waals surface area contributed by atoms with Crippen LogP contribution in [0.2, 0.25) is 0 Å². The van der Waals surface area contributed by atoms with Gasteiger partial charge >= 0.3 is 0 Å². The number of piperidine rings is 1. The molecule has 2 N–H and O–H groups in total. The molecular formula is C25H29N3O3S. The number of anilines is 1. The first-order valence-electron chi connectivity index (χ1n) is 11.0. The van der Waals surface area contributed by atoms with Crippen molar-refractivity contribution in [1.29, 1.82) is 0 Å². The van der Waals surface area contributed by atoms with Gasteiger partial charge in [-0.2, -0.15) is 0 Å². The second kappa shape index (κ2) is 11.2. The maximum absolute atomic E-state index is 12.5. The largest absolute Gasteiger partial charge is 0.491 e. The van der Waals surface area contributed by atoms with E-state index in [2.05, 4.69) is 38.8 Å². The first-order chi connectivity index (χ1) is 15.7. The van der Waals surface area contributed by atoms with Crippen LogP contribution in [0.15, 0.2) is 66.3 Å². The molecule has 4 rings (SSSR count). The lowest BCUT2D eigenvalue weighted by molar-refractivity contribution is -0.121. The maximum atomic E-state index is 12.5. The van der Waals surface area contributed by atoms with Crippen LogP contribution in [0, 0.1) is 5.92 Å². The summed E-state index contributed by atoms with van der Waals surface area (Å²) >= 11 is 1.73. The van der Waals surface area contributed by atoms with Crippen molar-refractivity contribution in [3.8, 4) is 5.75 Å². The molecule has 0 aliphatic carbocycles. The van der Waals surface area contributed by atoms with Crippen molar-refractivity contribution >= 4 is 22.9 Å². The van der Waals surface area contributed by atoms with E-state index < -0.39 is 6.10 Å². The van der Waals surface area contributed by atoms with Gasteiger partial charge in [-0.3, -0.25) is 9.78 Å². The van der Waals surface area contributed by atoms with Gasteiger partial charge in [0, 0.05) is 41.8 Å². The van der Waals surface area contributed by atoms with Gasteiger partial charge in [0.1, 0.15) is 18.5 Å². The molecule has 1 atom stereocenters. The van der Waals surface area contributed by atoms with E-state index in [-0.39, 0.29) is 18.4 Å². The van der Waals surface area contributed by atoms with Gasteiger partial charge in [0.25, 0.3) is 0 Å². The smallest absolute Gasteiger partial charge is 0.227 e. The van der Waals surface area contributed by atoms with Gasteiger partial charge in [0.15, 0.2) is 0 Å². The summed E-state index contributed by atoms with van der Waals surface area (Å²) in [6, 6.07) is 15.8. The Labute approximate surface area is 192 Å². The lowest BCUT2D eigenvalue weighted by Gasteiger charge is -2.32. The number of para-hydroxylation sites is 1. The zero-order valence-corrected chi connectivity index (χ0v) is 18.8. The van der Waals surface area contributed by atoms with Crippen molar-refractivity contribution in [2.75, 3.05) is 31.6 Å². The molecule has 1 aliphatic rings. The summed E-state index contributed by atoms with van der Waals surface area (Å²) in [6.07, 6.45) is 5.17. The van der Waals surface area contributed by atoms with Crippen LogP contribution in [0.3, 0.4) is 0 Å². The number of carbonyl (C=O) groups is 1. The Kier molecular flexibility index (Phi) is 7.87. The van der Waals surface area contributed by atoms with Gasteiger partial charge in [0.2, 0.25) is 5.91 Å². The van der Waals surface area contributed by atoms with Gasteiger partial charge in [-0.05, 0) is 61.1 Å². The molecule has 7 heteroatoms. The average Bonchev–Trinajstić information content (AvgIpc) is 3.33. The number of rotatable bonds is 9. The first-order valence-corrected chi connectivity index (χ1v) is 11.9. The Morgan fingerprint density at radius 1 is 1.16 bits per heavy atom. The molecule has 0 saturated carbocycles. The third kappa shape index (κ3) is 6.38. The standard InChI is InChI=1S/C25H29N3O3S/c29-22(18-31-24-6-2-1-4-20(24)16-23-5-3-15-32-23)17-28-13-9-19(10-14-28)25(30)27-21-7-11-26-12-8-21/h1-8,11-12,15,19,22,29H,9-10,13-14,16-18H2,(H,26,27,30). The monoisotopic (exact) mass is 451 g/mol. The number of amides is 1. The van der Waals surface area contributed by atoms with E-state index in [4.69, 9.17) is 4.74 Å². The van der Waals surface area contributed by atoms with Gasteiger partial charge in [-0.1, -0.05) is 24.3 Å². The molecule has 32 heavy (non-hydrogen) atoms. The van der Waals surface area contributed by atoms with E-state index in [0.29, 0.717) is 6.54 Å². The van der Waals surface area contributed by atoms with Crippen molar-refractivity contribution in [1.82, 2.24) is 9.88 Å². The van der Waals surface area contributed by atoms with Gasteiger partial charge in [-0.15, -0.1) is 11.3 Å². The van der Waals surface area contributed by atoms with Crippen molar-refractivity contribution in [2.45, 2.75) is 25.4 Å². The number of nitrogens with zero attached hydrogens (tertiary/aromatic N) is 2. The van der Waals surface area contributed by atoms with Gasteiger partial charge < -0.3 is 20.1 Å². The highest BCUT2D eigenvalue weighted by Gasteiger charge is 2.26. The Morgan fingerprint density at radius 3 is 2.69 bits per heavy atom. The second-order valence-corrected chi connectivity index (χ2v) is 9.16. The summed E-state index contributed by atoms with van der Waals surface area (Å²) in [7, 11) is 0. The van der Waals surface area contributed by atoms with Crippen molar-refractivity contribution in [2.24, 2.45) is 5.92 Å². The number of likely N-dealkylation sites (tertiary alicyclic amines) is 1. The molecule has 1 saturated heterocycles. The lowest BCUT2D eigenvalue weighted by atomic mass is 9.95. The molecule has 1 aliphatic heterocycles. The number of hydrogen-bond acceptors (Lipinski definition) is 6. The predicted octanol–water partition coefficient (Wildman–Crippen LogP) is 3.82. The fourth-order valence-electron chi connectivity index (χ4n) is 3.99. The lowest BCUT2D eigenvalue weighted by Crippen LogP contribution is -2.42. The summed E-state index contributed by atoms with van der Waals surface area (Å²) in [5.41, 5.74) is 1.91. The Morgan fingerprint density at radius 2 is 1.94 bits per heavy atom. The van der Waals surface area contributed by atoms with Gasteiger partial charge in [-0.25, -0.2) is 0 Å². The number of nitrogens with one attached hydrogen (secondary N) is 1. The molecule has 2 aromatic heterocycles. The molecule has 1 unspecified atom stereocenters. The molecule has 6 nitrogen and oxygen atoms in total. The normalized spacial score (nSPS) is 15.9. The fraction of sp³-hybridized carbons (Fsp3) is 0.360. The van der Waals surface area contributed by atoms with E-state index in [1.807, 2.05) is 18.2 Å². The third-order valence-electron chi connectivity index (χ3n) is 5.72. The molecule has 0 bridgehead atoms. The minimum absolute atomic E-state index is 0.00284. The average molecular weight is 452 g/mol. The van der Waals surface area contributed by atoms with E-state index >= 15 is 0 Å². The molecular weight excluding hydrogens is 422 g/mol. The molecule has 1 fully saturated rings. The topological polar surface area (TPSA) is 74.7 Å². The van der Waals surface area contributed by atoms with Crippen LogP contribution in [0.1, 0.15) is 23.3 Å².